The summed E-state index contributed by atoms with van der Waals surface area (Å²) in [6, 6.07) is 0. The zero-order chi connectivity index (χ0) is 9.56. The van der Waals surface area contributed by atoms with Gasteiger partial charge in [0.15, 0.2) is 0 Å². The van der Waals surface area contributed by atoms with E-state index in [-0.39, 0.29) is 0 Å². The molecule has 68 valence electrons. The zero-order valence-corrected chi connectivity index (χ0v) is 8.09. The van der Waals surface area contributed by atoms with Crippen molar-refractivity contribution in [1.82, 2.24) is 0 Å². The van der Waals surface area contributed by atoms with E-state index >= 15 is 0 Å². The van der Waals surface area contributed by atoms with E-state index in [0.29, 0.717) is 18.4 Å². The van der Waals surface area contributed by atoms with E-state index in [0.717, 1.165) is 0 Å². The quantitative estimate of drug-likeness (QED) is 0.491. The number of rotatable bonds is 5. The highest BCUT2D eigenvalue weighted by atomic mass is 14.5. The minimum Gasteiger partial charge on any atom is -0.327 e. The lowest BCUT2D eigenvalue weighted by Crippen LogP contribution is -2.15. The summed E-state index contributed by atoms with van der Waals surface area (Å²) in [5, 5.41) is 0. The standard InChI is InChI=1S/C11H19N/c1-5-7-11(8-12)10(4)9(3)6-2/h5-7,9-10H,1-2,8,12H2,3-4H3/b11-7-/t9-,10?/m0/s1. The van der Waals surface area contributed by atoms with Crippen LogP contribution in [0.2, 0.25) is 0 Å². The summed E-state index contributed by atoms with van der Waals surface area (Å²) in [5.41, 5.74) is 6.84. The van der Waals surface area contributed by atoms with Crippen molar-refractivity contribution < 1.29 is 0 Å². The van der Waals surface area contributed by atoms with Crippen LogP contribution in [0, 0.1) is 11.8 Å². The molecule has 0 aliphatic carbocycles. The van der Waals surface area contributed by atoms with Crippen LogP contribution in [0.3, 0.4) is 0 Å². The van der Waals surface area contributed by atoms with Crippen LogP contribution in [-0.2, 0) is 0 Å². The second-order valence-corrected chi connectivity index (χ2v) is 3.06. The predicted octanol–water partition coefficient (Wildman–Crippen LogP) is 2.52. The first-order valence-electron chi connectivity index (χ1n) is 4.31. The molecule has 0 heterocycles. The van der Waals surface area contributed by atoms with E-state index in [1.807, 2.05) is 12.2 Å². The summed E-state index contributed by atoms with van der Waals surface area (Å²) in [7, 11) is 0. The van der Waals surface area contributed by atoms with Gasteiger partial charge in [-0.05, 0) is 11.8 Å². The lowest BCUT2D eigenvalue weighted by molar-refractivity contribution is 0.523. The van der Waals surface area contributed by atoms with Crippen LogP contribution >= 0.6 is 0 Å². The number of allylic oxidation sites excluding steroid dienone is 3. The molecule has 1 nitrogen and oxygen atoms in total. The molecule has 0 saturated carbocycles. The van der Waals surface area contributed by atoms with Gasteiger partial charge in [0.05, 0.1) is 0 Å². The molecule has 0 rings (SSSR count). The highest BCUT2D eigenvalue weighted by Crippen LogP contribution is 2.19. The van der Waals surface area contributed by atoms with Gasteiger partial charge in [0, 0.05) is 6.54 Å². The topological polar surface area (TPSA) is 26.0 Å². The van der Waals surface area contributed by atoms with E-state index in [4.69, 9.17) is 5.73 Å². The largest absolute Gasteiger partial charge is 0.327 e. The molecule has 0 radical (unpaired) electrons. The van der Waals surface area contributed by atoms with Crippen molar-refractivity contribution in [3.8, 4) is 0 Å². The first-order chi connectivity index (χ1) is 5.67. The Morgan fingerprint density at radius 1 is 1.42 bits per heavy atom. The maximum Gasteiger partial charge on any atom is 0.0142 e. The van der Waals surface area contributed by atoms with Crippen LogP contribution < -0.4 is 5.73 Å². The minimum absolute atomic E-state index is 0.463. The van der Waals surface area contributed by atoms with Crippen LogP contribution in [0.4, 0.5) is 0 Å². The van der Waals surface area contributed by atoms with Crippen molar-refractivity contribution in [2.24, 2.45) is 17.6 Å². The van der Waals surface area contributed by atoms with Gasteiger partial charge in [-0.2, -0.15) is 0 Å². The van der Waals surface area contributed by atoms with Crippen LogP contribution in [-0.4, -0.2) is 6.54 Å². The molecule has 0 aromatic carbocycles. The van der Waals surface area contributed by atoms with Gasteiger partial charge in [0.1, 0.15) is 0 Å². The number of hydrogen-bond acceptors (Lipinski definition) is 1. The summed E-state index contributed by atoms with van der Waals surface area (Å²) in [6.07, 6.45) is 5.73. The van der Waals surface area contributed by atoms with E-state index < -0.39 is 0 Å². The van der Waals surface area contributed by atoms with Crippen LogP contribution in [0.5, 0.6) is 0 Å². The van der Waals surface area contributed by atoms with E-state index in [9.17, 15) is 0 Å². The second-order valence-electron chi connectivity index (χ2n) is 3.06. The van der Waals surface area contributed by atoms with Gasteiger partial charge < -0.3 is 5.73 Å². The molecule has 1 heteroatoms. The molecule has 1 unspecified atom stereocenters. The highest BCUT2D eigenvalue weighted by molar-refractivity contribution is 5.16. The molecule has 0 amide bonds. The van der Waals surface area contributed by atoms with Gasteiger partial charge in [-0.25, -0.2) is 0 Å². The summed E-state index contributed by atoms with van der Waals surface area (Å²) in [6.45, 7) is 12.3. The van der Waals surface area contributed by atoms with Gasteiger partial charge in [-0.1, -0.05) is 44.2 Å². The lowest BCUT2D eigenvalue weighted by Gasteiger charge is -2.18. The van der Waals surface area contributed by atoms with Gasteiger partial charge in [0.2, 0.25) is 0 Å². The summed E-state index contributed by atoms with van der Waals surface area (Å²) in [5.74, 6) is 0.935. The molecular formula is C11H19N. The Balaban J connectivity index is 4.40. The van der Waals surface area contributed by atoms with Crippen molar-refractivity contribution in [1.29, 1.82) is 0 Å². The van der Waals surface area contributed by atoms with Crippen molar-refractivity contribution >= 4 is 0 Å². The third-order valence-electron chi connectivity index (χ3n) is 2.31. The fourth-order valence-electron chi connectivity index (χ4n) is 1.10. The van der Waals surface area contributed by atoms with Gasteiger partial charge in [-0.15, -0.1) is 6.58 Å². The predicted molar refractivity (Wildman–Crippen MR) is 55.9 cm³/mol. The fraction of sp³-hybridized carbons (Fsp3) is 0.455. The van der Waals surface area contributed by atoms with Crippen molar-refractivity contribution in [2.45, 2.75) is 13.8 Å². The average molecular weight is 165 g/mol. The average Bonchev–Trinajstić information content (AvgIpc) is 2.11. The van der Waals surface area contributed by atoms with Crippen LogP contribution in [0.1, 0.15) is 13.8 Å². The molecule has 0 aliphatic heterocycles. The SMILES string of the molecule is C=C/C=C(/CN)C(C)[C@@H](C)C=C. The first-order valence-corrected chi connectivity index (χ1v) is 4.31. The Bertz CT molecular complexity index is 179. The summed E-state index contributed by atoms with van der Waals surface area (Å²) in [4.78, 5) is 0. The van der Waals surface area contributed by atoms with Crippen LogP contribution in [0.25, 0.3) is 0 Å². The molecule has 0 spiro atoms. The molecule has 0 bridgehead atoms. The third-order valence-corrected chi connectivity index (χ3v) is 2.31. The molecule has 0 aromatic heterocycles. The monoisotopic (exact) mass is 165 g/mol. The molecule has 0 aliphatic rings. The van der Waals surface area contributed by atoms with E-state index in [1.165, 1.54) is 5.57 Å². The Morgan fingerprint density at radius 2 is 2.00 bits per heavy atom. The highest BCUT2D eigenvalue weighted by Gasteiger charge is 2.11. The van der Waals surface area contributed by atoms with Crippen molar-refractivity contribution in [3.05, 3.63) is 37.0 Å². The van der Waals surface area contributed by atoms with Crippen LogP contribution in [0.15, 0.2) is 37.0 Å². The summed E-state index contributed by atoms with van der Waals surface area (Å²) >= 11 is 0. The van der Waals surface area contributed by atoms with E-state index in [2.05, 4.69) is 27.0 Å². The molecular weight excluding hydrogens is 146 g/mol. The molecule has 0 fully saturated rings. The molecule has 0 saturated heterocycles. The number of nitrogens with two attached hydrogens (primary N) is 1. The maximum absolute atomic E-state index is 5.60. The lowest BCUT2D eigenvalue weighted by atomic mass is 9.88. The summed E-state index contributed by atoms with van der Waals surface area (Å²) < 4.78 is 0. The van der Waals surface area contributed by atoms with Gasteiger partial charge in [-0.3, -0.25) is 0 Å². The van der Waals surface area contributed by atoms with E-state index in [1.54, 1.807) is 6.08 Å². The Morgan fingerprint density at radius 3 is 2.33 bits per heavy atom. The fourth-order valence-corrected chi connectivity index (χ4v) is 1.10. The molecule has 0 aromatic rings. The van der Waals surface area contributed by atoms with Gasteiger partial charge >= 0.3 is 0 Å². The smallest absolute Gasteiger partial charge is 0.0142 e. The van der Waals surface area contributed by atoms with Crippen molar-refractivity contribution in [2.75, 3.05) is 6.54 Å². The normalized spacial score (nSPS) is 16.8. The molecule has 2 atom stereocenters. The van der Waals surface area contributed by atoms with Gasteiger partial charge in [0.25, 0.3) is 0 Å². The number of hydrogen-bond donors (Lipinski definition) is 1. The molecule has 2 N–H and O–H groups in total. The third kappa shape index (κ3) is 3.05. The Labute approximate surface area is 75.7 Å². The molecule has 12 heavy (non-hydrogen) atoms. The zero-order valence-electron chi connectivity index (χ0n) is 8.09. The Kier molecular flexibility index (Phi) is 5.39. The first kappa shape index (κ1) is 11.2. The van der Waals surface area contributed by atoms with Crippen molar-refractivity contribution in [3.63, 3.8) is 0 Å². The maximum atomic E-state index is 5.60. The minimum atomic E-state index is 0.463. The Hall–Kier alpha value is -0.820. The second kappa shape index (κ2) is 5.78.